The molecule has 0 aromatic rings. The van der Waals surface area contributed by atoms with Gasteiger partial charge in [-0.1, -0.05) is 20.3 Å². The fourth-order valence-corrected chi connectivity index (χ4v) is 3.74. The normalized spacial score (nSPS) is 34.0. The molecule has 1 saturated carbocycles. The number of carbonyl (C=O) groups is 1. The van der Waals surface area contributed by atoms with Gasteiger partial charge in [0.15, 0.2) is 0 Å². The highest BCUT2D eigenvalue weighted by Crippen LogP contribution is 2.30. The molecule has 1 aliphatic heterocycles. The van der Waals surface area contributed by atoms with Crippen molar-refractivity contribution in [2.24, 2.45) is 17.6 Å². The van der Waals surface area contributed by atoms with Gasteiger partial charge in [-0.25, -0.2) is 0 Å². The molecule has 0 spiro atoms. The first-order chi connectivity index (χ1) is 9.54. The topological polar surface area (TPSA) is 49.6 Å². The molecular weight excluding hydrogens is 250 g/mol. The summed E-state index contributed by atoms with van der Waals surface area (Å²) in [5, 5.41) is 0. The second kappa shape index (κ2) is 6.90. The zero-order valence-electron chi connectivity index (χ0n) is 13.3. The summed E-state index contributed by atoms with van der Waals surface area (Å²) in [5.41, 5.74) is 6.22. The zero-order valence-corrected chi connectivity index (χ0v) is 13.3. The monoisotopic (exact) mass is 281 g/mol. The third-order valence-corrected chi connectivity index (χ3v) is 5.40. The molecule has 20 heavy (non-hydrogen) atoms. The summed E-state index contributed by atoms with van der Waals surface area (Å²) in [5.74, 6) is 0.811. The van der Waals surface area contributed by atoms with Crippen LogP contribution in [0.4, 0.5) is 0 Å². The lowest BCUT2D eigenvalue weighted by atomic mass is 9.76. The lowest BCUT2D eigenvalue weighted by molar-refractivity contribution is -0.141. The van der Waals surface area contributed by atoms with E-state index < -0.39 is 0 Å². The molecule has 2 N–H and O–H groups in total. The Bertz CT molecular complexity index is 316. The summed E-state index contributed by atoms with van der Waals surface area (Å²) >= 11 is 0. The maximum Gasteiger partial charge on any atom is 0.227 e. The molecule has 1 heterocycles. The summed E-state index contributed by atoms with van der Waals surface area (Å²) in [6.45, 7) is 10.5. The Morgan fingerprint density at radius 1 is 1.25 bits per heavy atom. The number of rotatable bonds is 3. The summed E-state index contributed by atoms with van der Waals surface area (Å²) in [6, 6.07) is 0.696. The number of nitrogens with two attached hydrogens (primary N) is 1. The number of nitrogens with zero attached hydrogens (tertiary/aromatic N) is 2. The van der Waals surface area contributed by atoms with Crippen molar-refractivity contribution in [1.29, 1.82) is 0 Å². The highest BCUT2D eigenvalue weighted by molar-refractivity contribution is 5.80. The van der Waals surface area contributed by atoms with E-state index in [4.69, 9.17) is 5.73 Å². The summed E-state index contributed by atoms with van der Waals surface area (Å²) in [6.07, 6.45) is 4.51. The van der Waals surface area contributed by atoms with Crippen molar-refractivity contribution in [1.82, 2.24) is 9.80 Å². The van der Waals surface area contributed by atoms with Crippen LogP contribution in [0.5, 0.6) is 0 Å². The Morgan fingerprint density at radius 2 is 1.90 bits per heavy atom. The lowest BCUT2D eigenvalue weighted by Crippen LogP contribution is -2.55. The van der Waals surface area contributed by atoms with E-state index in [0.717, 1.165) is 39.0 Å². The molecule has 2 rings (SSSR count). The van der Waals surface area contributed by atoms with E-state index in [-0.39, 0.29) is 12.0 Å². The van der Waals surface area contributed by atoms with E-state index >= 15 is 0 Å². The first kappa shape index (κ1) is 15.8. The van der Waals surface area contributed by atoms with Gasteiger partial charge in [-0.15, -0.1) is 0 Å². The predicted molar refractivity (Wildman–Crippen MR) is 82.4 cm³/mol. The van der Waals surface area contributed by atoms with Crippen LogP contribution in [0, 0.1) is 11.8 Å². The Morgan fingerprint density at radius 3 is 2.45 bits per heavy atom. The molecule has 1 aliphatic carbocycles. The molecule has 0 bridgehead atoms. The minimum absolute atomic E-state index is 0.0545. The van der Waals surface area contributed by atoms with Crippen LogP contribution in [0.15, 0.2) is 0 Å². The minimum atomic E-state index is 0.0545. The Balaban J connectivity index is 1.91. The van der Waals surface area contributed by atoms with Crippen LogP contribution < -0.4 is 5.73 Å². The molecule has 4 atom stereocenters. The van der Waals surface area contributed by atoms with Crippen molar-refractivity contribution in [3.05, 3.63) is 0 Å². The van der Waals surface area contributed by atoms with Crippen molar-refractivity contribution in [2.75, 3.05) is 26.2 Å². The molecule has 116 valence electrons. The van der Waals surface area contributed by atoms with Gasteiger partial charge in [0.2, 0.25) is 5.91 Å². The van der Waals surface area contributed by atoms with Crippen LogP contribution in [0.3, 0.4) is 0 Å². The molecular formula is C16H31N3O. The Labute approximate surface area is 123 Å². The van der Waals surface area contributed by atoms with E-state index in [2.05, 4.69) is 30.6 Å². The lowest BCUT2D eigenvalue weighted by Gasteiger charge is -2.42. The van der Waals surface area contributed by atoms with Crippen LogP contribution in [-0.2, 0) is 4.79 Å². The van der Waals surface area contributed by atoms with Gasteiger partial charge in [-0.3, -0.25) is 9.69 Å². The van der Waals surface area contributed by atoms with E-state index in [1.165, 1.54) is 12.8 Å². The number of amides is 1. The molecule has 1 amide bonds. The van der Waals surface area contributed by atoms with E-state index in [0.29, 0.717) is 17.9 Å². The van der Waals surface area contributed by atoms with Crippen molar-refractivity contribution < 1.29 is 4.79 Å². The van der Waals surface area contributed by atoms with Crippen molar-refractivity contribution in [3.63, 3.8) is 0 Å². The van der Waals surface area contributed by atoms with Crippen molar-refractivity contribution in [2.45, 2.75) is 58.5 Å². The SMILES string of the molecule is CCC(C)N1CCN(C(=O)C2C(C)CCCC2N)CC1. The predicted octanol–water partition coefficient (Wildman–Crippen LogP) is 1.69. The fraction of sp³-hybridized carbons (Fsp3) is 0.938. The quantitative estimate of drug-likeness (QED) is 0.856. The summed E-state index contributed by atoms with van der Waals surface area (Å²) in [7, 11) is 0. The third kappa shape index (κ3) is 3.34. The average molecular weight is 281 g/mol. The summed E-state index contributed by atoms with van der Waals surface area (Å²) in [4.78, 5) is 17.3. The maximum absolute atomic E-state index is 12.7. The molecule has 1 saturated heterocycles. The van der Waals surface area contributed by atoms with Gasteiger partial charge in [-0.05, 0) is 32.1 Å². The van der Waals surface area contributed by atoms with Gasteiger partial charge < -0.3 is 10.6 Å². The van der Waals surface area contributed by atoms with E-state index in [9.17, 15) is 4.79 Å². The Hall–Kier alpha value is -0.610. The van der Waals surface area contributed by atoms with Crippen LogP contribution in [-0.4, -0.2) is 54.0 Å². The van der Waals surface area contributed by atoms with Crippen molar-refractivity contribution in [3.8, 4) is 0 Å². The number of piperazine rings is 1. The second-order valence-electron chi connectivity index (χ2n) is 6.72. The Kier molecular flexibility index (Phi) is 5.44. The molecule has 4 nitrogen and oxygen atoms in total. The van der Waals surface area contributed by atoms with E-state index in [1.807, 2.05) is 0 Å². The van der Waals surface area contributed by atoms with Crippen molar-refractivity contribution >= 4 is 5.91 Å². The first-order valence-corrected chi connectivity index (χ1v) is 8.33. The summed E-state index contributed by atoms with van der Waals surface area (Å²) < 4.78 is 0. The number of carbonyl (C=O) groups excluding carboxylic acids is 1. The number of hydrogen-bond acceptors (Lipinski definition) is 3. The van der Waals surface area contributed by atoms with E-state index in [1.54, 1.807) is 0 Å². The smallest absolute Gasteiger partial charge is 0.227 e. The first-order valence-electron chi connectivity index (χ1n) is 8.33. The van der Waals surface area contributed by atoms with Gasteiger partial charge in [0, 0.05) is 38.3 Å². The molecule has 4 heteroatoms. The molecule has 0 aromatic carbocycles. The van der Waals surface area contributed by atoms with Crippen LogP contribution in [0.25, 0.3) is 0 Å². The molecule has 2 fully saturated rings. The maximum atomic E-state index is 12.7. The minimum Gasteiger partial charge on any atom is -0.340 e. The molecule has 0 radical (unpaired) electrons. The molecule has 0 aromatic heterocycles. The molecule has 4 unspecified atom stereocenters. The van der Waals surface area contributed by atoms with Gasteiger partial charge in [0.1, 0.15) is 0 Å². The van der Waals surface area contributed by atoms with Gasteiger partial charge in [0.25, 0.3) is 0 Å². The van der Waals surface area contributed by atoms with Gasteiger partial charge in [0.05, 0.1) is 5.92 Å². The fourth-order valence-electron chi connectivity index (χ4n) is 3.74. The standard InChI is InChI=1S/C16H31N3O/c1-4-13(3)18-8-10-19(11-9-18)16(20)15-12(2)6-5-7-14(15)17/h12-15H,4-11,17H2,1-3H3. The molecule has 2 aliphatic rings. The van der Waals surface area contributed by atoms with Gasteiger partial charge in [-0.2, -0.15) is 0 Å². The van der Waals surface area contributed by atoms with Crippen LogP contribution >= 0.6 is 0 Å². The number of hydrogen-bond donors (Lipinski definition) is 1. The third-order valence-electron chi connectivity index (χ3n) is 5.40. The zero-order chi connectivity index (χ0) is 14.7. The largest absolute Gasteiger partial charge is 0.340 e. The van der Waals surface area contributed by atoms with Gasteiger partial charge >= 0.3 is 0 Å². The highest BCUT2D eigenvalue weighted by atomic mass is 16.2. The average Bonchev–Trinajstić information content (AvgIpc) is 2.46. The second-order valence-corrected chi connectivity index (χ2v) is 6.72. The van der Waals surface area contributed by atoms with Crippen LogP contribution in [0.1, 0.15) is 46.5 Å². The highest BCUT2D eigenvalue weighted by Gasteiger charge is 2.37. The van der Waals surface area contributed by atoms with Crippen LogP contribution in [0.2, 0.25) is 0 Å².